The minimum atomic E-state index is -4.81. The maximum atomic E-state index is 13.4. The average Bonchev–Trinajstić information content (AvgIpc) is 2.75. The van der Waals surface area contributed by atoms with Gasteiger partial charge in [-0.25, -0.2) is 8.42 Å². The van der Waals surface area contributed by atoms with Gasteiger partial charge in [0.15, 0.2) is 0 Å². The Morgan fingerprint density at radius 2 is 1.52 bits per heavy atom. The van der Waals surface area contributed by atoms with Gasteiger partial charge in [0.05, 0.1) is 26.9 Å². The van der Waals surface area contributed by atoms with E-state index in [4.69, 9.17) is 34.8 Å². The zero-order chi connectivity index (χ0) is 24.4. The van der Waals surface area contributed by atoms with Crippen LogP contribution in [0.1, 0.15) is 5.56 Å². The first-order valence-electron chi connectivity index (χ1n) is 9.09. The number of rotatable bonds is 6. The molecular formula is C21H14Cl3F3N2O3S. The fourth-order valence-electron chi connectivity index (χ4n) is 2.88. The van der Waals surface area contributed by atoms with Gasteiger partial charge in [-0.05, 0) is 48.5 Å². The Morgan fingerprint density at radius 1 is 0.909 bits per heavy atom. The molecule has 0 saturated carbocycles. The lowest BCUT2D eigenvalue weighted by Gasteiger charge is -2.25. The highest BCUT2D eigenvalue weighted by molar-refractivity contribution is 7.92. The number of carbonyl (C=O) groups excluding carboxylic acids is 1. The molecule has 0 aliphatic rings. The molecular weight excluding hydrogens is 524 g/mol. The third-order valence-electron chi connectivity index (χ3n) is 4.36. The van der Waals surface area contributed by atoms with Crippen molar-refractivity contribution in [1.29, 1.82) is 0 Å². The number of benzene rings is 3. The van der Waals surface area contributed by atoms with Crippen LogP contribution in [0.4, 0.5) is 24.5 Å². The molecule has 1 N–H and O–H groups in total. The van der Waals surface area contributed by atoms with Gasteiger partial charge in [-0.2, -0.15) is 13.2 Å². The molecule has 0 bridgehead atoms. The van der Waals surface area contributed by atoms with E-state index in [2.05, 4.69) is 5.32 Å². The molecule has 3 aromatic rings. The van der Waals surface area contributed by atoms with E-state index < -0.39 is 39.9 Å². The summed E-state index contributed by atoms with van der Waals surface area (Å²) >= 11 is 17.8. The molecule has 0 unspecified atom stereocenters. The molecule has 174 valence electrons. The minimum Gasteiger partial charge on any atom is -0.324 e. The van der Waals surface area contributed by atoms with Crippen molar-refractivity contribution in [2.45, 2.75) is 11.1 Å². The van der Waals surface area contributed by atoms with E-state index in [1.165, 1.54) is 48.5 Å². The molecule has 5 nitrogen and oxygen atoms in total. The number of hydrogen-bond acceptors (Lipinski definition) is 3. The van der Waals surface area contributed by atoms with Gasteiger partial charge in [0, 0.05) is 10.0 Å². The maximum absolute atomic E-state index is 13.4. The van der Waals surface area contributed by atoms with Crippen LogP contribution in [0.3, 0.4) is 0 Å². The molecule has 12 heteroatoms. The molecule has 0 aliphatic heterocycles. The average molecular weight is 538 g/mol. The molecule has 0 fully saturated rings. The zero-order valence-corrected chi connectivity index (χ0v) is 19.5. The molecule has 0 aromatic heterocycles. The van der Waals surface area contributed by atoms with E-state index in [9.17, 15) is 26.4 Å². The molecule has 3 aromatic carbocycles. The smallest absolute Gasteiger partial charge is 0.324 e. The van der Waals surface area contributed by atoms with Crippen molar-refractivity contribution in [3.63, 3.8) is 0 Å². The van der Waals surface area contributed by atoms with Gasteiger partial charge in [0.1, 0.15) is 6.54 Å². The molecule has 0 saturated heterocycles. The Labute approximate surface area is 202 Å². The summed E-state index contributed by atoms with van der Waals surface area (Å²) in [6.07, 6.45) is -4.81. The van der Waals surface area contributed by atoms with Crippen LogP contribution in [0.25, 0.3) is 0 Å². The number of amides is 1. The number of hydrogen-bond donors (Lipinski definition) is 1. The predicted octanol–water partition coefficient (Wildman–Crippen LogP) is 6.50. The topological polar surface area (TPSA) is 66.5 Å². The van der Waals surface area contributed by atoms with E-state index in [-0.39, 0.29) is 25.7 Å². The molecule has 0 heterocycles. The van der Waals surface area contributed by atoms with E-state index in [0.717, 1.165) is 6.07 Å². The Hall–Kier alpha value is -2.46. The number of sulfonamides is 1. The van der Waals surface area contributed by atoms with Crippen LogP contribution in [0.5, 0.6) is 0 Å². The third-order valence-corrected chi connectivity index (χ3v) is 6.92. The monoisotopic (exact) mass is 536 g/mol. The number of nitrogens with one attached hydrogen (secondary N) is 1. The lowest BCUT2D eigenvalue weighted by atomic mass is 10.1. The summed E-state index contributed by atoms with van der Waals surface area (Å²) in [6.45, 7) is -0.878. The van der Waals surface area contributed by atoms with Crippen LogP contribution < -0.4 is 9.62 Å². The summed E-state index contributed by atoms with van der Waals surface area (Å²) < 4.78 is 67.4. The second-order valence-electron chi connectivity index (χ2n) is 6.66. The standard InChI is InChI=1S/C21H14Cl3F3N2O3S/c22-13-7-9-18(16(10-13)21(25,26)27)28-20(30)12-29(19-11-14(23)6-8-17(19)24)33(31,32)15-4-2-1-3-5-15/h1-11H,12H2,(H,28,30). The Balaban J connectivity index is 2.02. The van der Waals surface area contributed by atoms with Gasteiger partial charge in [0.25, 0.3) is 10.0 Å². The van der Waals surface area contributed by atoms with Gasteiger partial charge in [0.2, 0.25) is 5.91 Å². The molecule has 3 rings (SSSR count). The van der Waals surface area contributed by atoms with Crippen molar-refractivity contribution >= 4 is 62.1 Å². The molecule has 0 aliphatic carbocycles. The minimum absolute atomic E-state index is 0.0332. The predicted molar refractivity (Wildman–Crippen MR) is 123 cm³/mol. The summed E-state index contributed by atoms with van der Waals surface area (Å²) in [4.78, 5) is 12.6. The van der Waals surface area contributed by atoms with Crippen molar-refractivity contribution in [1.82, 2.24) is 0 Å². The van der Waals surface area contributed by atoms with Crippen LogP contribution in [-0.2, 0) is 21.0 Å². The second kappa shape index (κ2) is 9.80. The highest BCUT2D eigenvalue weighted by Crippen LogP contribution is 2.37. The van der Waals surface area contributed by atoms with E-state index in [1.54, 1.807) is 6.07 Å². The number of carbonyl (C=O) groups is 1. The van der Waals surface area contributed by atoms with Crippen LogP contribution in [-0.4, -0.2) is 20.9 Å². The Morgan fingerprint density at radius 3 is 2.15 bits per heavy atom. The Kier molecular flexibility index (Phi) is 7.48. The maximum Gasteiger partial charge on any atom is 0.418 e. The van der Waals surface area contributed by atoms with E-state index in [1.807, 2.05) is 0 Å². The van der Waals surface area contributed by atoms with Crippen LogP contribution in [0.15, 0.2) is 71.6 Å². The summed E-state index contributed by atoms with van der Waals surface area (Å²) in [7, 11) is -4.34. The van der Waals surface area contributed by atoms with Crippen LogP contribution >= 0.6 is 34.8 Å². The lowest BCUT2D eigenvalue weighted by molar-refractivity contribution is -0.137. The van der Waals surface area contributed by atoms with Crippen molar-refractivity contribution < 1.29 is 26.4 Å². The summed E-state index contributed by atoms with van der Waals surface area (Å²) in [6, 6.07) is 14.0. The lowest BCUT2D eigenvalue weighted by Crippen LogP contribution is -2.38. The summed E-state index contributed by atoms with van der Waals surface area (Å²) in [5.41, 5.74) is -1.87. The van der Waals surface area contributed by atoms with E-state index >= 15 is 0 Å². The first-order valence-corrected chi connectivity index (χ1v) is 11.7. The molecule has 0 atom stereocenters. The zero-order valence-electron chi connectivity index (χ0n) is 16.4. The fraction of sp³-hybridized carbons (Fsp3) is 0.0952. The van der Waals surface area contributed by atoms with Crippen molar-refractivity contribution in [2.75, 3.05) is 16.2 Å². The highest BCUT2D eigenvalue weighted by atomic mass is 35.5. The van der Waals surface area contributed by atoms with Gasteiger partial charge in [-0.3, -0.25) is 9.10 Å². The highest BCUT2D eigenvalue weighted by Gasteiger charge is 2.35. The van der Waals surface area contributed by atoms with Gasteiger partial charge >= 0.3 is 6.18 Å². The molecule has 1 amide bonds. The third kappa shape index (κ3) is 5.92. The Bertz CT molecular complexity index is 1290. The number of halogens is 6. The normalized spacial score (nSPS) is 11.8. The summed E-state index contributed by atoms with van der Waals surface area (Å²) in [5.74, 6) is -1.04. The fourth-order valence-corrected chi connectivity index (χ4v) is 4.94. The van der Waals surface area contributed by atoms with Crippen LogP contribution in [0, 0.1) is 0 Å². The number of alkyl halides is 3. The first kappa shape index (κ1) is 25.2. The van der Waals surface area contributed by atoms with E-state index in [0.29, 0.717) is 10.4 Å². The van der Waals surface area contributed by atoms with Gasteiger partial charge in [-0.1, -0.05) is 53.0 Å². The number of anilines is 2. The molecule has 33 heavy (non-hydrogen) atoms. The van der Waals surface area contributed by atoms with Crippen molar-refractivity contribution in [3.05, 3.63) is 87.4 Å². The number of nitrogens with zero attached hydrogens (tertiary/aromatic N) is 1. The van der Waals surface area contributed by atoms with Gasteiger partial charge < -0.3 is 5.32 Å². The summed E-state index contributed by atoms with van der Waals surface area (Å²) in [5, 5.41) is 2.03. The quantitative estimate of drug-likeness (QED) is 0.390. The van der Waals surface area contributed by atoms with Gasteiger partial charge in [-0.15, -0.1) is 0 Å². The van der Waals surface area contributed by atoms with Crippen molar-refractivity contribution in [3.8, 4) is 0 Å². The van der Waals surface area contributed by atoms with Crippen molar-refractivity contribution in [2.24, 2.45) is 0 Å². The SMILES string of the molecule is O=C(CN(c1cc(Cl)ccc1Cl)S(=O)(=O)c1ccccc1)Nc1ccc(Cl)cc1C(F)(F)F. The molecule has 0 radical (unpaired) electrons. The largest absolute Gasteiger partial charge is 0.418 e. The molecule has 0 spiro atoms. The first-order chi connectivity index (χ1) is 15.4. The van der Waals surface area contributed by atoms with Crippen LogP contribution in [0.2, 0.25) is 15.1 Å². The second-order valence-corrected chi connectivity index (χ2v) is 9.80.